The smallest absolute Gasteiger partial charge is 0.339 e. The molecule has 24 heavy (non-hydrogen) atoms. The molecule has 9 nitrogen and oxygen atoms in total. The zero-order chi connectivity index (χ0) is 17.9. The normalized spacial score (nSPS) is 10.0. The zero-order valence-corrected chi connectivity index (χ0v) is 12.3. The van der Waals surface area contributed by atoms with Crippen molar-refractivity contribution >= 4 is 23.3 Å². The first kappa shape index (κ1) is 16.7. The first-order valence-electron chi connectivity index (χ1n) is 6.53. The maximum absolute atomic E-state index is 12.2. The number of amides is 1. The molecule has 1 amide bonds. The maximum Gasteiger partial charge on any atom is 0.339 e. The van der Waals surface area contributed by atoms with Crippen molar-refractivity contribution in [3.63, 3.8) is 0 Å². The van der Waals surface area contributed by atoms with Crippen LogP contribution in [0.3, 0.4) is 0 Å². The summed E-state index contributed by atoms with van der Waals surface area (Å²) in [5, 5.41) is 31.7. The van der Waals surface area contributed by atoms with Crippen LogP contribution in [0.25, 0.3) is 0 Å². The Bertz CT molecular complexity index is 833. The number of ether oxygens (including phenoxy) is 1. The average molecular weight is 332 g/mol. The second kappa shape index (κ2) is 6.65. The highest BCUT2D eigenvalue weighted by atomic mass is 16.6. The van der Waals surface area contributed by atoms with Gasteiger partial charge in [0.1, 0.15) is 11.3 Å². The molecule has 0 aromatic heterocycles. The first-order valence-corrected chi connectivity index (χ1v) is 6.53. The summed E-state index contributed by atoms with van der Waals surface area (Å²) in [6.45, 7) is 0. The lowest BCUT2D eigenvalue weighted by atomic mass is 10.1. The van der Waals surface area contributed by atoms with Crippen molar-refractivity contribution in [2.75, 3.05) is 12.4 Å². The van der Waals surface area contributed by atoms with Crippen molar-refractivity contribution in [1.82, 2.24) is 0 Å². The number of rotatable bonds is 5. The van der Waals surface area contributed by atoms with E-state index in [1.807, 2.05) is 0 Å². The lowest BCUT2D eigenvalue weighted by molar-refractivity contribution is -0.385. The molecular formula is C15H12N2O7. The summed E-state index contributed by atoms with van der Waals surface area (Å²) in [5.41, 5.74) is -0.642. The number of nitrogens with one attached hydrogen (secondary N) is 1. The molecule has 0 atom stereocenters. The van der Waals surface area contributed by atoms with Gasteiger partial charge in [-0.15, -0.1) is 0 Å². The van der Waals surface area contributed by atoms with Gasteiger partial charge in [0.25, 0.3) is 5.91 Å². The predicted octanol–water partition coefficient (Wildman–Crippen LogP) is 2.26. The fourth-order valence-electron chi connectivity index (χ4n) is 1.96. The lowest BCUT2D eigenvalue weighted by Gasteiger charge is -2.08. The standard InChI is InChI=1S/C15H12N2O7/c1-24-13-5-2-8(6-11(13)17(22)23)14(19)16-9-3-4-12(18)10(7-9)15(20)21/h2-7,18H,1H3,(H,16,19)(H,20,21). The molecule has 3 N–H and O–H groups in total. The Hall–Kier alpha value is -3.62. The van der Waals surface area contributed by atoms with Crippen molar-refractivity contribution in [2.24, 2.45) is 0 Å². The van der Waals surface area contributed by atoms with E-state index in [1.165, 1.54) is 25.3 Å². The van der Waals surface area contributed by atoms with Crippen molar-refractivity contribution in [3.8, 4) is 11.5 Å². The Morgan fingerprint density at radius 2 is 1.92 bits per heavy atom. The zero-order valence-electron chi connectivity index (χ0n) is 12.3. The monoisotopic (exact) mass is 332 g/mol. The number of benzene rings is 2. The van der Waals surface area contributed by atoms with E-state index in [-0.39, 0.29) is 28.3 Å². The van der Waals surface area contributed by atoms with Crippen molar-refractivity contribution in [3.05, 3.63) is 57.6 Å². The van der Waals surface area contributed by atoms with Gasteiger partial charge in [0.2, 0.25) is 0 Å². The number of aromatic hydroxyl groups is 1. The molecule has 2 aromatic rings. The average Bonchev–Trinajstić information content (AvgIpc) is 2.55. The van der Waals surface area contributed by atoms with E-state index in [2.05, 4.69) is 5.32 Å². The van der Waals surface area contributed by atoms with Crippen LogP contribution in [0.5, 0.6) is 11.5 Å². The number of anilines is 1. The van der Waals surface area contributed by atoms with E-state index >= 15 is 0 Å². The largest absolute Gasteiger partial charge is 0.507 e. The van der Waals surface area contributed by atoms with Crippen LogP contribution in [0.1, 0.15) is 20.7 Å². The third kappa shape index (κ3) is 3.40. The second-order valence-corrected chi connectivity index (χ2v) is 4.63. The minimum Gasteiger partial charge on any atom is -0.507 e. The van der Waals surface area contributed by atoms with E-state index in [0.29, 0.717) is 0 Å². The van der Waals surface area contributed by atoms with Crippen molar-refractivity contribution in [1.29, 1.82) is 0 Å². The number of phenols is 1. The highest BCUT2D eigenvalue weighted by molar-refractivity contribution is 6.05. The first-order chi connectivity index (χ1) is 11.3. The lowest BCUT2D eigenvalue weighted by Crippen LogP contribution is -2.13. The quantitative estimate of drug-likeness (QED) is 0.433. The summed E-state index contributed by atoms with van der Waals surface area (Å²) in [7, 11) is 1.27. The van der Waals surface area contributed by atoms with E-state index in [4.69, 9.17) is 9.84 Å². The van der Waals surface area contributed by atoms with Gasteiger partial charge in [-0.1, -0.05) is 0 Å². The molecule has 2 aromatic carbocycles. The van der Waals surface area contributed by atoms with Crippen LogP contribution in [-0.2, 0) is 0 Å². The number of carboxylic acids is 1. The molecule has 0 aliphatic carbocycles. The minimum atomic E-state index is -1.36. The molecule has 9 heteroatoms. The van der Waals surface area contributed by atoms with E-state index < -0.39 is 22.5 Å². The predicted molar refractivity (Wildman–Crippen MR) is 82.7 cm³/mol. The molecular weight excluding hydrogens is 320 g/mol. The second-order valence-electron chi connectivity index (χ2n) is 4.63. The number of methoxy groups -OCH3 is 1. The Kier molecular flexibility index (Phi) is 4.64. The van der Waals surface area contributed by atoms with Gasteiger partial charge < -0.3 is 20.3 Å². The number of hydrogen-bond acceptors (Lipinski definition) is 6. The molecule has 0 bridgehead atoms. The number of carboxylic acid groups (broad SMARTS) is 1. The number of carbonyl (C=O) groups excluding carboxylic acids is 1. The molecule has 0 saturated carbocycles. The van der Waals surface area contributed by atoms with Crippen LogP contribution in [0.2, 0.25) is 0 Å². The molecule has 0 aliphatic heterocycles. The number of carbonyl (C=O) groups is 2. The van der Waals surface area contributed by atoms with Gasteiger partial charge in [0.15, 0.2) is 5.75 Å². The summed E-state index contributed by atoms with van der Waals surface area (Å²) >= 11 is 0. The molecule has 0 unspecified atom stereocenters. The van der Waals surface area contributed by atoms with Gasteiger partial charge in [-0.25, -0.2) is 4.79 Å². The minimum absolute atomic E-state index is 0.00699. The Morgan fingerprint density at radius 1 is 1.21 bits per heavy atom. The van der Waals surface area contributed by atoms with E-state index in [9.17, 15) is 24.8 Å². The molecule has 0 fully saturated rings. The summed E-state index contributed by atoms with van der Waals surface area (Å²) in [5.74, 6) is -2.47. The van der Waals surface area contributed by atoms with Crippen LogP contribution >= 0.6 is 0 Å². The van der Waals surface area contributed by atoms with Gasteiger partial charge in [0, 0.05) is 17.3 Å². The van der Waals surface area contributed by atoms with Crippen LogP contribution in [0.4, 0.5) is 11.4 Å². The Morgan fingerprint density at radius 3 is 2.50 bits per heavy atom. The van der Waals surface area contributed by atoms with Crippen LogP contribution in [0, 0.1) is 10.1 Å². The van der Waals surface area contributed by atoms with Gasteiger partial charge >= 0.3 is 11.7 Å². The van der Waals surface area contributed by atoms with Gasteiger partial charge in [0.05, 0.1) is 12.0 Å². The fraction of sp³-hybridized carbons (Fsp3) is 0.0667. The SMILES string of the molecule is COc1ccc(C(=O)Nc2ccc(O)c(C(=O)O)c2)cc1[N+](=O)[O-]. The van der Waals surface area contributed by atoms with Gasteiger partial charge in [-0.2, -0.15) is 0 Å². The van der Waals surface area contributed by atoms with Crippen LogP contribution in [0.15, 0.2) is 36.4 Å². The number of nitro groups is 1. The molecule has 0 aliphatic rings. The van der Waals surface area contributed by atoms with Gasteiger partial charge in [-0.3, -0.25) is 14.9 Å². The topological polar surface area (TPSA) is 139 Å². The molecule has 0 spiro atoms. The Balaban J connectivity index is 2.30. The summed E-state index contributed by atoms with van der Waals surface area (Å²) in [6, 6.07) is 7.17. The van der Waals surface area contributed by atoms with Gasteiger partial charge in [-0.05, 0) is 30.3 Å². The summed E-state index contributed by atoms with van der Waals surface area (Å²) in [4.78, 5) is 33.4. The molecule has 0 radical (unpaired) electrons. The van der Waals surface area contributed by atoms with Crippen molar-refractivity contribution in [2.45, 2.75) is 0 Å². The molecule has 2 rings (SSSR count). The van der Waals surface area contributed by atoms with Crippen molar-refractivity contribution < 1.29 is 29.5 Å². The number of aromatic carboxylic acids is 1. The number of nitro benzene ring substituents is 1. The number of hydrogen-bond donors (Lipinski definition) is 3. The molecule has 0 saturated heterocycles. The van der Waals surface area contributed by atoms with Crippen LogP contribution in [-0.4, -0.2) is 34.1 Å². The van der Waals surface area contributed by atoms with E-state index in [1.54, 1.807) is 0 Å². The van der Waals surface area contributed by atoms with E-state index in [0.717, 1.165) is 18.2 Å². The van der Waals surface area contributed by atoms with Crippen LogP contribution < -0.4 is 10.1 Å². The maximum atomic E-state index is 12.2. The third-order valence-corrected chi connectivity index (χ3v) is 3.12. The third-order valence-electron chi connectivity index (χ3n) is 3.12. The number of nitrogens with zero attached hydrogens (tertiary/aromatic N) is 1. The highest BCUT2D eigenvalue weighted by Gasteiger charge is 2.19. The summed E-state index contributed by atoms with van der Waals surface area (Å²) < 4.78 is 4.85. The Labute approximate surface area is 135 Å². The fourth-order valence-corrected chi connectivity index (χ4v) is 1.96. The molecule has 0 heterocycles. The summed E-state index contributed by atoms with van der Waals surface area (Å²) in [6.07, 6.45) is 0. The molecule has 124 valence electrons. The highest BCUT2D eigenvalue weighted by Crippen LogP contribution is 2.28.